The lowest BCUT2D eigenvalue weighted by Crippen LogP contribution is -2.47. The molecule has 144 valence electrons. The number of benzene rings is 2. The number of carbonyl (C=O) groups is 1. The second-order valence-electron chi connectivity index (χ2n) is 7.27. The van der Waals surface area contributed by atoms with Crippen LogP contribution >= 0.6 is 11.6 Å². The minimum absolute atomic E-state index is 0.0768. The van der Waals surface area contributed by atoms with E-state index in [4.69, 9.17) is 16.3 Å². The van der Waals surface area contributed by atoms with E-state index in [-0.39, 0.29) is 11.9 Å². The topological polar surface area (TPSA) is 41.6 Å². The van der Waals surface area contributed by atoms with E-state index in [1.165, 1.54) is 11.1 Å². The molecule has 3 rings (SSSR count). The number of hydrogen-bond acceptors (Lipinski definition) is 3. The number of rotatable bonds is 6. The summed E-state index contributed by atoms with van der Waals surface area (Å²) in [5.74, 6) is 0.533. The van der Waals surface area contributed by atoms with Crippen molar-refractivity contribution < 1.29 is 9.53 Å². The summed E-state index contributed by atoms with van der Waals surface area (Å²) in [6.07, 6.45) is 1.37. The van der Waals surface area contributed by atoms with Gasteiger partial charge in [0.15, 0.2) is 6.10 Å². The van der Waals surface area contributed by atoms with Crippen LogP contribution in [0.4, 0.5) is 0 Å². The molecule has 2 aromatic carbocycles. The highest BCUT2D eigenvalue weighted by Gasteiger charge is 2.23. The number of halogens is 1. The number of piperidine rings is 1. The number of ether oxygens (including phenoxy) is 1. The van der Waals surface area contributed by atoms with Crippen molar-refractivity contribution in [2.75, 3.05) is 13.1 Å². The Morgan fingerprint density at radius 2 is 1.96 bits per heavy atom. The first-order valence-corrected chi connectivity index (χ1v) is 9.88. The van der Waals surface area contributed by atoms with Crippen LogP contribution in [0.3, 0.4) is 0 Å². The molecule has 0 aromatic heterocycles. The highest BCUT2D eigenvalue weighted by Crippen LogP contribution is 2.19. The summed E-state index contributed by atoms with van der Waals surface area (Å²) in [4.78, 5) is 14.9. The summed E-state index contributed by atoms with van der Waals surface area (Å²) in [5, 5.41) is 3.72. The zero-order valence-electron chi connectivity index (χ0n) is 16.0. The van der Waals surface area contributed by atoms with E-state index >= 15 is 0 Å². The Morgan fingerprint density at radius 3 is 2.67 bits per heavy atom. The van der Waals surface area contributed by atoms with Crippen molar-refractivity contribution in [2.45, 2.75) is 45.4 Å². The van der Waals surface area contributed by atoms with Crippen molar-refractivity contribution in [1.82, 2.24) is 10.2 Å². The molecule has 1 aliphatic rings. The van der Waals surface area contributed by atoms with Gasteiger partial charge in [-0.25, -0.2) is 0 Å². The third kappa shape index (κ3) is 5.98. The van der Waals surface area contributed by atoms with Crippen molar-refractivity contribution in [3.8, 4) is 5.75 Å². The van der Waals surface area contributed by atoms with Gasteiger partial charge in [-0.1, -0.05) is 47.5 Å². The molecule has 1 N–H and O–H groups in total. The predicted octanol–water partition coefficient (Wildman–Crippen LogP) is 4.20. The lowest BCUT2D eigenvalue weighted by Gasteiger charge is -2.33. The first-order chi connectivity index (χ1) is 13.0. The van der Waals surface area contributed by atoms with E-state index in [2.05, 4.69) is 41.4 Å². The summed E-state index contributed by atoms with van der Waals surface area (Å²) >= 11 is 5.96. The molecule has 4 nitrogen and oxygen atoms in total. The molecule has 1 aliphatic heterocycles. The fraction of sp³-hybridized carbons (Fsp3) is 0.409. The van der Waals surface area contributed by atoms with Gasteiger partial charge in [-0.15, -0.1) is 0 Å². The lowest BCUT2D eigenvalue weighted by atomic mass is 10.0. The predicted molar refractivity (Wildman–Crippen MR) is 109 cm³/mol. The monoisotopic (exact) mass is 386 g/mol. The van der Waals surface area contributed by atoms with Gasteiger partial charge in [0.25, 0.3) is 5.91 Å². The lowest BCUT2D eigenvalue weighted by molar-refractivity contribution is -0.128. The maximum atomic E-state index is 12.4. The quantitative estimate of drug-likeness (QED) is 0.809. The number of carbonyl (C=O) groups excluding carboxylic acids is 1. The zero-order chi connectivity index (χ0) is 19.2. The van der Waals surface area contributed by atoms with Crippen LogP contribution in [0.25, 0.3) is 0 Å². The maximum Gasteiger partial charge on any atom is 0.260 e. The van der Waals surface area contributed by atoms with Crippen LogP contribution in [-0.4, -0.2) is 36.0 Å². The summed E-state index contributed by atoms with van der Waals surface area (Å²) in [7, 11) is 0. The average molecular weight is 387 g/mol. The van der Waals surface area contributed by atoms with Crippen LogP contribution in [0.15, 0.2) is 48.5 Å². The summed E-state index contributed by atoms with van der Waals surface area (Å²) in [5.41, 5.74) is 2.64. The molecule has 5 heteroatoms. The van der Waals surface area contributed by atoms with E-state index in [1.807, 2.05) is 6.07 Å². The molecule has 0 saturated carbocycles. The Balaban J connectivity index is 1.43. The number of hydrogen-bond donors (Lipinski definition) is 1. The van der Waals surface area contributed by atoms with Crippen LogP contribution in [0, 0.1) is 6.92 Å². The van der Waals surface area contributed by atoms with Crippen molar-refractivity contribution in [3.05, 3.63) is 64.7 Å². The number of nitrogens with one attached hydrogen (secondary N) is 1. The second-order valence-corrected chi connectivity index (χ2v) is 7.70. The number of amides is 1. The first kappa shape index (κ1) is 19.7. The molecule has 1 amide bonds. The van der Waals surface area contributed by atoms with E-state index in [9.17, 15) is 4.79 Å². The fourth-order valence-corrected chi connectivity index (χ4v) is 3.60. The summed E-state index contributed by atoms with van der Waals surface area (Å²) in [6, 6.07) is 16.0. The van der Waals surface area contributed by atoms with Crippen molar-refractivity contribution >= 4 is 17.5 Å². The van der Waals surface area contributed by atoms with Gasteiger partial charge in [-0.2, -0.15) is 0 Å². The molecule has 27 heavy (non-hydrogen) atoms. The largest absolute Gasteiger partial charge is 0.481 e. The van der Waals surface area contributed by atoms with Gasteiger partial charge in [0.2, 0.25) is 0 Å². The minimum atomic E-state index is -0.547. The van der Waals surface area contributed by atoms with Crippen LogP contribution < -0.4 is 10.1 Å². The van der Waals surface area contributed by atoms with E-state index < -0.39 is 6.10 Å². The summed E-state index contributed by atoms with van der Waals surface area (Å²) in [6.45, 7) is 6.84. The SMILES string of the molecule is Cc1cccc(CN2CCC(NC(=O)C(C)Oc3cccc(Cl)c3)CC2)c1. The molecular weight excluding hydrogens is 360 g/mol. The van der Waals surface area contributed by atoms with Gasteiger partial charge in [0.05, 0.1) is 0 Å². The maximum absolute atomic E-state index is 12.4. The minimum Gasteiger partial charge on any atom is -0.481 e. The Hall–Kier alpha value is -2.04. The number of nitrogens with zero attached hydrogens (tertiary/aromatic N) is 1. The van der Waals surface area contributed by atoms with Crippen LogP contribution in [-0.2, 0) is 11.3 Å². The molecule has 1 fully saturated rings. The number of likely N-dealkylation sites (tertiary alicyclic amines) is 1. The van der Waals surface area contributed by atoms with Crippen molar-refractivity contribution in [1.29, 1.82) is 0 Å². The van der Waals surface area contributed by atoms with Crippen LogP contribution in [0.1, 0.15) is 30.9 Å². The van der Waals surface area contributed by atoms with Gasteiger partial charge in [0, 0.05) is 30.7 Å². The highest BCUT2D eigenvalue weighted by molar-refractivity contribution is 6.30. The van der Waals surface area contributed by atoms with E-state index in [0.29, 0.717) is 10.8 Å². The molecule has 1 unspecified atom stereocenters. The molecule has 1 atom stereocenters. The Labute approximate surface area is 166 Å². The van der Waals surface area contributed by atoms with Gasteiger partial charge in [0.1, 0.15) is 5.75 Å². The molecule has 2 aromatic rings. The van der Waals surface area contributed by atoms with E-state index in [1.54, 1.807) is 25.1 Å². The molecular formula is C22H27ClN2O2. The van der Waals surface area contributed by atoms with Crippen molar-refractivity contribution in [2.24, 2.45) is 0 Å². The third-order valence-electron chi connectivity index (χ3n) is 4.90. The standard InChI is InChI=1S/C22H27ClN2O2/c1-16-5-3-6-18(13-16)15-25-11-9-20(10-12-25)24-22(26)17(2)27-21-8-4-7-19(23)14-21/h3-8,13-14,17,20H,9-12,15H2,1-2H3,(H,24,26). The highest BCUT2D eigenvalue weighted by atomic mass is 35.5. The average Bonchev–Trinajstić information content (AvgIpc) is 2.63. The van der Waals surface area contributed by atoms with E-state index in [0.717, 1.165) is 32.5 Å². The van der Waals surface area contributed by atoms with Gasteiger partial charge in [-0.3, -0.25) is 9.69 Å². The van der Waals surface area contributed by atoms with Gasteiger partial charge < -0.3 is 10.1 Å². The van der Waals surface area contributed by atoms with Crippen molar-refractivity contribution in [3.63, 3.8) is 0 Å². The molecule has 1 saturated heterocycles. The smallest absolute Gasteiger partial charge is 0.260 e. The second kappa shape index (κ2) is 9.25. The third-order valence-corrected chi connectivity index (χ3v) is 5.14. The molecule has 1 heterocycles. The zero-order valence-corrected chi connectivity index (χ0v) is 16.7. The molecule has 0 aliphatic carbocycles. The number of aryl methyl sites for hydroxylation is 1. The normalized spacial score (nSPS) is 16.7. The van der Waals surface area contributed by atoms with Crippen LogP contribution in [0.5, 0.6) is 5.75 Å². The van der Waals surface area contributed by atoms with Gasteiger partial charge in [-0.05, 0) is 50.5 Å². The van der Waals surface area contributed by atoms with Gasteiger partial charge >= 0.3 is 0 Å². The Kier molecular flexibility index (Phi) is 6.75. The first-order valence-electron chi connectivity index (χ1n) is 9.50. The molecule has 0 bridgehead atoms. The van der Waals surface area contributed by atoms with Crippen LogP contribution in [0.2, 0.25) is 5.02 Å². The Morgan fingerprint density at radius 1 is 1.22 bits per heavy atom. The summed E-state index contributed by atoms with van der Waals surface area (Å²) < 4.78 is 5.70. The molecule has 0 spiro atoms. The fourth-order valence-electron chi connectivity index (χ4n) is 3.42. The molecule has 0 radical (unpaired) electrons. The Bertz CT molecular complexity index is 772.